The van der Waals surface area contributed by atoms with Crippen molar-refractivity contribution in [3.63, 3.8) is 0 Å². The first kappa shape index (κ1) is 17.0. The third kappa shape index (κ3) is 4.08. The number of benzene rings is 1. The molecule has 4 heteroatoms. The molecular weight excluding hydrogens is 292 g/mol. The average Bonchev–Trinajstić information content (AvgIpc) is 2.85. The van der Waals surface area contributed by atoms with Gasteiger partial charge in [-0.3, -0.25) is 0 Å². The Morgan fingerprint density at radius 2 is 1.68 bits per heavy atom. The Kier molecular flexibility index (Phi) is 4.92. The fourth-order valence-electron chi connectivity index (χ4n) is 2.14. The number of carbonyl (C=O) groups is 1. The van der Waals surface area contributed by atoms with Crippen LogP contribution in [0.5, 0.6) is 0 Å². The number of rotatable bonds is 4. The van der Waals surface area contributed by atoms with E-state index in [-0.39, 0.29) is 23.2 Å². The molecule has 3 nitrogen and oxygen atoms in total. The maximum Gasteiger partial charge on any atom is 0.338 e. The molecule has 0 aliphatic heterocycles. The fourth-order valence-corrected chi connectivity index (χ4v) is 3.43. The van der Waals surface area contributed by atoms with Crippen LogP contribution in [0.4, 0.5) is 0 Å². The second kappa shape index (κ2) is 6.38. The molecule has 120 valence electrons. The van der Waals surface area contributed by atoms with E-state index < -0.39 is 8.32 Å². The quantitative estimate of drug-likeness (QED) is 0.464. The van der Waals surface area contributed by atoms with Crippen LogP contribution >= 0.6 is 0 Å². The largest absolute Gasteiger partial charge is 0.454 e. The first-order valence-corrected chi connectivity index (χ1v) is 10.7. The Hall–Kier alpha value is -1.39. The molecule has 2 rings (SSSR count). The van der Waals surface area contributed by atoms with E-state index >= 15 is 0 Å². The predicted octanol–water partition coefficient (Wildman–Crippen LogP) is 4.56. The van der Waals surface area contributed by atoms with Gasteiger partial charge in [0.15, 0.2) is 8.32 Å². The van der Waals surface area contributed by atoms with Gasteiger partial charge in [0.1, 0.15) is 6.10 Å². The van der Waals surface area contributed by atoms with E-state index in [4.69, 9.17) is 9.16 Å². The fraction of sp³-hybridized carbons (Fsp3) is 0.500. The van der Waals surface area contributed by atoms with Crippen LogP contribution in [0.25, 0.3) is 0 Å². The van der Waals surface area contributed by atoms with Gasteiger partial charge in [0, 0.05) is 6.42 Å². The Balaban J connectivity index is 1.89. The van der Waals surface area contributed by atoms with Gasteiger partial charge in [-0.1, -0.05) is 45.0 Å². The summed E-state index contributed by atoms with van der Waals surface area (Å²) in [5, 5.41) is 0.180. The first-order chi connectivity index (χ1) is 10.2. The highest BCUT2D eigenvalue weighted by Crippen LogP contribution is 2.38. The molecule has 1 aliphatic carbocycles. The Morgan fingerprint density at radius 3 is 2.27 bits per heavy atom. The zero-order valence-electron chi connectivity index (χ0n) is 14.1. The van der Waals surface area contributed by atoms with Crippen LogP contribution in [0.3, 0.4) is 0 Å². The summed E-state index contributed by atoms with van der Waals surface area (Å²) in [5.74, 6) is -0.275. The molecule has 0 amide bonds. The van der Waals surface area contributed by atoms with Crippen LogP contribution in [-0.2, 0) is 9.16 Å². The number of hydrogen-bond acceptors (Lipinski definition) is 3. The molecule has 0 N–H and O–H groups in total. The Morgan fingerprint density at radius 1 is 1.09 bits per heavy atom. The van der Waals surface area contributed by atoms with Gasteiger partial charge in [-0.2, -0.15) is 0 Å². The van der Waals surface area contributed by atoms with E-state index in [1.165, 1.54) is 0 Å². The number of hydrogen-bond donors (Lipinski definition) is 0. The summed E-state index contributed by atoms with van der Waals surface area (Å²) in [6.45, 7) is 11.2. The maximum atomic E-state index is 12.1. The van der Waals surface area contributed by atoms with Gasteiger partial charge in [0.05, 0.1) is 11.7 Å². The molecule has 1 aliphatic rings. The van der Waals surface area contributed by atoms with Gasteiger partial charge < -0.3 is 9.16 Å². The smallest absolute Gasteiger partial charge is 0.338 e. The summed E-state index contributed by atoms with van der Waals surface area (Å²) in [6.07, 6.45) is 4.55. The molecule has 0 bridgehead atoms. The van der Waals surface area contributed by atoms with E-state index in [0.717, 1.165) is 0 Å². The number of carbonyl (C=O) groups excluding carboxylic acids is 1. The van der Waals surface area contributed by atoms with Crippen LogP contribution in [0.2, 0.25) is 18.1 Å². The van der Waals surface area contributed by atoms with Crippen molar-refractivity contribution in [3.8, 4) is 0 Å². The Bertz CT molecular complexity index is 543. The van der Waals surface area contributed by atoms with Crippen molar-refractivity contribution in [1.29, 1.82) is 0 Å². The molecule has 1 aromatic carbocycles. The molecule has 0 unspecified atom stereocenters. The van der Waals surface area contributed by atoms with Crippen molar-refractivity contribution in [1.82, 2.24) is 0 Å². The highest BCUT2D eigenvalue weighted by atomic mass is 28.4. The molecule has 1 aromatic rings. The summed E-state index contributed by atoms with van der Waals surface area (Å²) in [5.41, 5.74) is 0.588. The molecule has 0 saturated carbocycles. The van der Waals surface area contributed by atoms with Gasteiger partial charge in [0.2, 0.25) is 0 Å². The monoisotopic (exact) mass is 318 g/mol. The predicted molar refractivity (Wildman–Crippen MR) is 91.5 cm³/mol. The first-order valence-electron chi connectivity index (χ1n) is 7.81. The standard InChI is InChI=1S/C18H26O3Si/c1-18(2,3)22(4,5)21-16-12-11-15(13-16)20-17(19)14-9-7-6-8-10-14/h6-12,15-16H,13H2,1-5H3/t15-,16-/m0/s1. The average molecular weight is 318 g/mol. The molecule has 0 fully saturated rings. The van der Waals surface area contributed by atoms with Crippen LogP contribution in [0.1, 0.15) is 37.6 Å². The van der Waals surface area contributed by atoms with Crippen molar-refractivity contribution in [2.24, 2.45) is 0 Å². The highest BCUT2D eigenvalue weighted by molar-refractivity contribution is 6.74. The van der Waals surface area contributed by atoms with Gasteiger partial charge in [-0.05, 0) is 36.3 Å². The zero-order valence-corrected chi connectivity index (χ0v) is 15.1. The van der Waals surface area contributed by atoms with E-state index in [1.54, 1.807) is 12.1 Å². The van der Waals surface area contributed by atoms with Crippen molar-refractivity contribution in [3.05, 3.63) is 48.0 Å². The van der Waals surface area contributed by atoms with E-state index in [2.05, 4.69) is 33.9 Å². The normalized spacial score (nSPS) is 21.9. The lowest BCUT2D eigenvalue weighted by Gasteiger charge is -2.38. The summed E-state index contributed by atoms with van der Waals surface area (Å²) < 4.78 is 11.9. The third-order valence-electron chi connectivity index (χ3n) is 4.53. The minimum atomic E-state index is -1.80. The van der Waals surface area contributed by atoms with Crippen LogP contribution in [-0.4, -0.2) is 26.5 Å². The lowest BCUT2D eigenvalue weighted by atomic mass is 10.2. The summed E-state index contributed by atoms with van der Waals surface area (Å²) in [7, 11) is -1.80. The second-order valence-electron chi connectivity index (χ2n) is 7.35. The highest BCUT2D eigenvalue weighted by Gasteiger charge is 2.40. The minimum absolute atomic E-state index is 0.0504. The molecule has 0 radical (unpaired) electrons. The molecule has 22 heavy (non-hydrogen) atoms. The van der Waals surface area contributed by atoms with Gasteiger partial charge >= 0.3 is 5.97 Å². The van der Waals surface area contributed by atoms with Gasteiger partial charge in [-0.15, -0.1) is 0 Å². The van der Waals surface area contributed by atoms with Crippen LogP contribution in [0, 0.1) is 0 Å². The molecular formula is C18H26O3Si. The van der Waals surface area contributed by atoms with E-state index in [1.807, 2.05) is 30.4 Å². The third-order valence-corrected chi connectivity index (χ3v) is 9.03. The van der Waals surface area contributed by atoms with Crippen molar-refractivity contribution < 1.29 is 14.0 Å². The zero-order chi connectivity index (χ0) is 16.4. The molecule has 0 saturated heterocycles. The SMILES string of the molecule is CC(C)(C)[Si](C)(C)O[C@H]1C=C[C@H](OC(=O)c2ccccc2)C1. The van der Waals surface area contributed by atoms with Gasteiger partial charge in [0.25, 0.3) is 0 Å². The van der Waals surface area contributed by atoms with Crippen LogP contribution < -0.4 is 0 Å². The summed E-state index contributed by atoms with van der Waals surface area (Å²) in [4.78, 5) is 12.1. The van der Waals surface area contributed by atoms with Crippen molar-refractivity contribution in [2.45, 2.75) is 57.5 Å². The summed E-state index contributed by atoms with van der Waals surface area (Å²) >= 11 is 0. The number of ether oxygens (including phenoxy) is 1. The van der Waals surface area contributed by atoms with Crippen molar-refractivity contribution in [2.75, 3.05) is 0 Å². The molecule has 0 spiro atoms. The maximum absolute atomic E-state index is 12.1. The van der Waals surface area contributed by atoms with Gasteiger partial charge in [-0.25, -0.2) is 4.79 Å². The molecule has 2 atom stereocenters. The summed E-state index contributed by atoms with van der Waals surface area (Å²) in [6, 6.07) is 9.10. The van der Waals surface area contributed by atoms with E-state index in [0.29, 0.717) is 12.0 Å². The van der Waals surface area contributed by atoms with E-state index in [9.17, 15) is 4.79 Å². The molecule has 0 aromatic heterocycles. The number of esters is 1. The van der Waals surface area contributed by atoms with Crippen molar-refractivity contribution >= 4 is 14.3 Å². The lowest BCUT2D eigenvalue weighted by molar-refractivity contribution is 0.0353. The molecule has 0 heterocycles. The van der Waals surface area contributed by atoms with Crippen LogP contribution in [0.15, 0.2) is 42.5 Å². The lowest BCUT2D eigenvalue weighted by Crippen LogP contribution is -2.43. The topological polar surface area (TPSA) is 35.5 Å². The second-order valence-corrected chi connectivity index (χ2v) is 12.1. The minimum Gasteiger partial charge on any atom is -0.454 e. The Labute approximate surface area is 134 Å².